The van der Waals surface area contributed by atoms with Gasteiger partial charge in [0.05, 0.1) is 25.1 Å². The second kappa shape index (κ2) is 6.27. The fourth-order valence-electron chi connectivity index (χ4n) is 1.36. The summed E-state index contributed by atoms with van der Waals surface area (Å²) in [5, 5.41) is 8.57. The van der Waals surface area contributed by atoms with Gasteiger partial charge in [-0.2, -0.15) is 0 Å². The molecular weight excluding hydrogens is 202 g/mol. The van der Waals surface area contributed by atoms with Crippen LogP contribution in [0.3, 0.4) is 0 Å². The molecule has 1 amide bonds. The normalized spacial score (nSPS) is 22.4. The highest BCUT2D eigenvalue weighted by Gasteiger charge is 2.20. The smallest absolute Gasteiger partial charge is 0.232 e. The highest BCUT2D eigenvalue weighted by Crippen LogP contribution is 2.07. The summed E-state index contributed by atoms with van der Waals surface area (Å²) in [5.41, 5.74) is 0. The lowest BCUT2D eigenvalue weighted by Gasteiger charge is -2.31. The Kier molecular flexibility index (Phi) is 5.29. The van der Waals surface area contributed by atoms with Crippen LogP contribution in [0, 0.1) is 0 Å². The summed E-state index contributed by atoms with van der Waals surface area (Å²) in [6.45, 7) is 4.14. The Bertz CT molecular complexity index is 189. The molecule has 1 aliphatic heterocycles. The molecule has 1 atom stereocenters. The van der Waals surface area contributed by atoms with Crippen LogP contribution in [-0.4, -0.2) is 59.8 Å². The minimum atomic E-state index is 0.136. The van der Waals surface area contributed by atoms with Crippen LogP contribution < -0.4 is 0 Å². The number of hydrogen-bond acceptors (Lipinski definition) is 4. The van der Waals surface area contributed by atoms with Gasteiger partial charge in [0.25, 0.3) is 0 Å². The number of ether oxygens (including phenoxy) is 1. The number of aliphatic hydroxyl groups excluding tert-OH is 1. The molecule has 0 aliphatic carbocycles. The van der Waals surface area contributed by atoms with Crippen LogP contribution in [0.5, 0.6) is 0 Å². The zero-order valence-electron chi connectivity index (χ0n) is 8.44. The third-order valence-corrected chi connectivity index (χ3v) is 2.98. The largest absolute Gasteiger partial charge is 0.396 e. The second-order valence-electron chi connectivity index (χ2n) is 3.30. The van der Waals surface area contributed by atoms with E-state index in [4.69, 9.17) is 9.84 Å². The predicted molar refractivity (Wildman–Crippen MR) is 56.4 cm³/mol. The van der Waals surface area contributed by atoms with E-state index in [2.05, 4.69) is 0 Å². The summed E-state index contributed by atoms with van der Waals surface area (Å²) < 4.78 is 5.34. The number of nitrogens with zero attached hydrogens (tertiary/aromatic N) is 1. The molecule has 0 aromatic heterocycles. The number of carbonyl (C=O) groups is 1. The number of thioether (sulfide) groups is 1. The Morgan fingerprint density at radius 1 is 1.71 bits per heavy atom. The lowest BCUT2D eigenvalue weighted by atomic mass is 10.3. The number of rotatable bonds is 4. The first-order valence-corrected chi connectivity index (χ1v) is 5.97. The molecule has 0 aromatic rings. The molecule has 0 aromatic carbocycles. The van der Waals surface area contributed by atoms with Gasteiger partial charge in [-0.1, -0.05) is 0 Å². The molecule has 14 heavy (non-hydrogen) atoms. The summed E-state index contributed by atoms with van der Waals surface area (Å²) in [5.74, 6) is 1.25. The summed E-state index contributed by atoms with van der Waals surface area (Å²) in [4.78, 5) is 13.4. The average Bonchev–Trinajstić information content (AvgIpc) is 2.18. The number of amides is 1. The minimum absolute atomic E-state index is 0.136. The predicted octanol–water partition coefficient (Wildman–Crippen LogP) is -0.0408. The molecule has 5 heteroatoms. The quantitative estimate of drug-likeness (QED) is 0.674. The summed E-state index contributed by atoms with van der Waals surface area (Å²) in [6, 6.07) is 0. The molecular formula is C9H17NO3S. The number of hydrogen-bond donors (Lipinski definition) is 1. The molecule has 1 aliphatic rings. The molecule has 1 heterocycles. The summed E-state index contributed by atoms with van der Waals surface area (Å²) in [6.07, 6.45) is 0.149. The lowest BCUT2D eigenvalue weighted by molar-refractivity contribution is -0.135. The van der Waals surface area contributed by atoms with Crippen molar-refractivity contribution in [2.45, 2.75) is 13.0 Å². The van der Waals surface area contributed by atoms with E-state index in [0.717, 1.165) is 0 Å². The third-order valence-electron chi connectivity index (χ3n) is 2.05. The number of carbonyl (C=O) groups excluding carboxylic acids is 1. The van der Waals surface area contributed by atoms with Crippen LogP contribution in [0.15, 0.2) is 0 Å². The van der Waals surface area contributed by atoms with E-state index in [1.807, 2.05) is 11.8 Å². The van der Waals surface area contributed by atoms with E-state index in [1.54, 1.807) is 0 Å². The van der Waals surface area contributed by atoms with Crippen molar-refractivity contribution in [1.82, 2.24) is 4.90 Å². The molecule has 1 rings (SSSR count). The van der Waals surface area contributed by atoms with E-state index in [0.29, 0.717) is 31.2 Å². The Morgan fingerprint density at radius 3 is 3.14 bits per heavy atom. The number of morpholine rings is 1. The molecule has 1 saturated heterocycles. The maximum absolute atomic E-state index is 11.6. The van der Waals surface area contributed by atoms with E-state index >= 15 is 0 Å². The Hall–Kier alpha value is -0.260. The molecule has 0 saturated carbocycles. The minimum Gasteiger partial charge on any atom is -0.396 e. The van der Waals surface area contributed by atoms with Crippen molar-refractivity contribution in [3.63, 3.8) is 0 Å². The van der Waals surface area contributed by atoms with Crippen molar-refractivity contribution in [3.05, 3.63) is 0 Å². The lowest BCUT2D eigenvalue weighted by Crippen LogP contribution is -2.45. The molecule has 1 fully saturated rings. The van der Waals surface area contributed by atoms with Crippen LogP contribution in [0.2, 0.25) is 0 Å². The Labute approximate surface area is 88.6 Å². The number of aliphatic hydroxyl groups is 1. The van der Waals surface area contributed by atoms with Gasteiger partial charge in [-0.15, -0.1) is 11.8 Å². The zero-order valence-corrected chi connectivity index (χ0v) is 9.26. The SMILES string of the molecule is CC1CN(C(=O)CSCCO)CCO1. The van der Waals surface area contributed by atoms with Gasteiger partial charge in [0.1, 0.15) is 0 Å². The second-order valence-corrected chi connectivity index (χ2v) is 4.40. The maximum atomic E-state index is 11.6. The first kappa shape index (κ1) is 11.8. The first-order chi connectivity index (χ1) is 6.74. The molecule has 82 valence electrons. The van der Waals surface area contributed by atoms with Crippen LogP contribution in [0.4, 0.5) is 0 Å². The Balaban J connectivity index is 2.22. The van der Waals surface area contributed by atoms with Crippen molar-refractivity contribution in [2.24, 2.45) is 0 Å². The molecule has 0 spiro atoms. The van der Waals surface area contributed by atoms with E-state index in [1.165, 1.54) is 11.8 Å². The van der Waals surface area contributed by atoms with Crippen LogP contribution in [0.25, 0.3) is 0 Å². The van der Waals surface area contributed by atoms with Gasteiger partial charge < -0.3 is 14.7 Å². The fraction of sp³-hybridized carbons (Fsp3) is 0.889. The Morgan fingerprint density at radius 2 is 2.50 bits per heavy atom. The first-order valence-electron chi connectivity index (χ1n) is 4.82. The molecule has 1 unspecified atom stereocenters. The van der Waals surface area contributed by atoms with Crippen LogP contribution in [0.1, 0.15) is 6.92 Å². The van der Waals surface area contributed by atoms with Gasteiger partial charge in [-0.3, -0.25) is 4.79 Å². The van der Waals surface area contributed by atoms with Gasteiger partial charge in [-0.25, -0.2) is 0 Å². The van der Waals surface area contributed by atoms with E-state index < -0.39 is 0 Å². The fourth-order valence-corrected chi connectivity index (χ4v) is 1.99. The summed E-state index contributed by atoms with van der Waals surface area (Å²) in [7, 11) is 0. The molecule has 1 N–H and O–H groups in total. The standard InChI is InChI=1S/C9H17NO3S/c1-8-6-10(2-4-13-8)9(12)7-14-5-3-11/h8,11H,2-7H2,1H3. The van der Waals surface area contributed by atoms with Crippen molar-refractivity contribution in [1.29, 1.82) is 0 Å². The van der Waals surface area contributed by atoms with Crippen molar-refractivity contribution < 1.29 is 14.6 Å². The van der Waals surface area contributed by atoms with Crippen molar-refractivity contribution >= 4 is 17.7 Å². The van der Waals surface area contributed by atoms with E-state index in [9.17, 15) is 4.79 Å². The van der Waals surface area contributed by atoms with Crippen LogP contribution >= 0.6 is 11.8 Å². The van der Waals surface area contributed by atoms with E-state index in [-0.39, 0.29) is 18.6 Å². The monoisotopic (exact) mass is 219 g/mol. The average molecular weight is 219 g/mol. The zero-order chi connectivity index (χ0) is 10.4. The van der Waals surface area contributed by atoms with Gasteiger partial charge in [0, 0.05) is 18.8 Å². The van der Waals surface area contributed by atoms with Gasteiger partial charge in [0.15, 0.2) is 0 Å². The van der Waals surface area contributed by atoms with Crippen LogP contribution in [-0.2, 0) is 9.53 Å². The molecule has 0 radical (unpaired) electrons. The highest BCUT2D eigenvalue weighted by molar-refractivity contribution is 7.99. The van der Waals surface area contributed by atoms with Crippen molar-refractivity contribution in [2.75, 3.05) is 37.8 Å². The summed E-state index contributed by atoms with van der Waals surface area (Å²) >= 11 is 1.47. The third kappa shape index (κ3) is 3.86. The molecule has 4 nitrogen and oxygen atoms in total. The van der Waals surface area contributed by atoms with Gasteiger partial charge in [0.2, 0.25) is 5.91 Å². The van der Waals surface area contributed by atoms with Crippen molar-refractivity contribution in [3.8, 4) is 0 Å². The topological polar surface area (TPSA) is 49.8 Å². The maximum Gasteiger partial charge on any atom is 0.232 e. The highest BCUT2D eigenvalue weighted by atomic mass is 32.2. The molecule has 0 bridgehead atoms. The van der Waals surface area contributed by atoms with Gasteiger partial charge >= 0.3 is 0 Å². The van der Waals surface area contributed by atoms with Gasteiger partial charge in [-0.05, 0) is 6.92 Å².